The van der Waals surface area contributed by atoms with Gasteiger partial charge in [-0.2, -0.15) is 0 Å². The topological polar surface area (TPSA) is 68.0 Å². The van der Waals surface area contributed by atoms with Crippen LogP contribution < -0.4 is 10.5 Å². The van der Waals surface area contributed by atoms with Crippen molar-refractivity contribution in [3.8, 4) is 5.75 Å². The first-order chi connectivity index (χ1) is 14.9. The second-order valence-electron chi connectivity index (χ2n) is 9.34. The van der Waals surface area contributed by atoms with Gasteiger partial charge in [-0.15, -0.1) is 0 Å². The number of nitrogens with zero attached hydrogens (tertiary/aromatic N) is 2. The first-order valence-corrected chi connectivity index (χ1v) is 11.0. The van der Waals surface area contributed by atoms with Gasteiger partial charge < -0.3 is 20.1 Å². The number of methoxy groups -OCH3 is 1. The van der Waals surface area contributed by atoms with Gasteiger partial charge in [-0.25, -0.2) is 4.79 Å². The summed E-state index contributed by atoms with van der Waals surface area (Å²) in [6.07, 6.45) is 0.820. The molecular formula is C25H33N3O3. The largest absolute Gasteiger partial charge is 0.497 e. The van der Waals surface area contributed by atoms with Crippen LogP contribution >= 0.6 is 0 Å². The van der Waals surface area contributed by atoms with Crippen LogP contribution in [0.5, 0.6) is 5.75 Å². The Morgan fingerprint density at radius 2 is 1.74 bits per heavy atom. The zero-order valence-electron chi connectivity index (χ0n) is 18.7. The monoisotopic (exact) mass is 423 g/mol. The van der Waals surface area contributed by atoms with E-state index in [1.54, 1.807) is 7.11 Å². The fraction of sp³-hybridized carbons (Fsp3) is 0.480. The van der Waals surface area contributed by atoms with Crippen molar-refractivity contribution < 1.29 is 14.3 Å². The fourth-order valence-corrected chi connectivity index (χ4v) is 5.60. The van der Waals surface area contributed by atoms with Gasteiger partial charge >= 0.3 is 6.03 Å². The highest BCUT2D eigenvalue weighted by Crippen LogP contribution is 2.58. The number of nitrogens with two attached hydrogens (primary N) is 1. The van der Waals surface area contributed by atoms with E-state index in [9.17, 15) is 4.79 Å². The van der Waals surface area contributed by atoms with Gasteiger partial charge in [0, 0.05) is 19.6 Å². The van der Waals surface area contributed by atoms with E-state index in [4.69, 9.17) is 15.2 Å². The first-order valence-electron chi connectivity index (χ1n) is 11.0. The molecule has 2 heterocycles. The molecule has 0 aromatic heterocycles. The molecule has 31 heavy (non-hydrogen) atoms. The zero-order valence-corrected chi connectivity index (χ0v) is 18.7. The van der Waals surface area contributed by atoms with E-state index in [0.29, 0.717) is 13.2 Å². The minimum Gasteiger partial charge on any atom is -0.497 e. The minimum absolute atomic E-state index is 0.142. The predicted molar refractivity (Wildman–Crippen MR) is 121 cm³/mol. The molecule has 2 aromatic carbocycles. The van der Waals surface area contributed by atoms with Gasteiger partial charge in [0.2, 0.25) is 0 Å². The van der Waals surface area contributed by atoms with Gasteiger partial charge in [0.1, 0.15) is 5.75 Å². The molecule has 2 N–H and O–H groups in total. The van der Waals surface area contributed by atoms with E-state index < -0.39 is 5.54 Å². The van der Waals surface area contributed by atoms with Crippen LogP contribution in [0, 0.1) is 5.41 Å². The third kappa shape index (κ3) is 4.02. The Bertz CT molecular complexity index is 894. The number of rotatable bonds is 5. The lowest BCUT2D eigenvalue weighted by Crippen LogP contribution is -2.55. The van der Waals surface area contributed by atoms with Crippen LogP contribution in [-0.2, 0) is 10.3 Å². The van der Waals surface area contributed by atoms with E-state index in [1.165, 1.54) is 0 Å². The molecule has 6 nitrogen and oxygen atoms in total. The van der Waals surface area contributed by atoms with Gasteiger partial charge in [0.05, 0.1) is 31.9 Å². The maximum absolute atomic E-state index is 13.1. The van der Waals surface area contributed by atoms with Crippen molar-refractivity contribution in [2.24, 2.45) is 11.1 Å². The van der Waals surface area contributed by atoms with E-state index in [1.807, 2.05) is 35.2 Å². The van der Waals surface area contributed by atoms with E-state index in [2.05, 4.69) is 43.0 Å². The molecule has 0 aliphatic carbocycles. The summed E-state index contributed by atoms with van der Waals surface area (Å²) < 4.78 is 10.9. The first kappa shape index (κ1) is 21.7. The highest BCUT2D eigenvalue weighted by Gasteiger charge is 2.58. The third-order valence-electron chi connectivity index (χ3n) is 6.78. The molecule has 0 radical (unpaired) electrons. The number of urea groups is 1. The molecule has 0 saturated carbocycles. The molecule has 2 aliphatic heterocycles. The van der Waals surface area contributed by atoms with Gasteiger partial charge in [-0.1, -0.05) is 56.3 Å². The van der Waals surface area contributed by atoms with Crippen LogP contribution in [0.4, 0.5) is 4.79 Å². The van der Waals surface area contributed by atoms with Crippen molar-refractivity contribution >= 4 is 6.03 Å². The summed E-state index contributed by atoms with van der Waals surface area (Å²) in [5.41, 5.74) is 7.65. The lowest BCUT2D eigenvalue weighted by atomic mass is 9.76. The van der Waals surface area contributed by atoms with Crippen molar-refractivity contribution in [2.75, 3.05) is 40.0 Å². The van der Waals surface area contributed by atoms with Crippen molar-refractivity contribution in [2.45, 2.75) is 31.8 Å². The molecule has 2 unspecified atom stereocenters. The number of hydrogen-bond acceptors (Lipinski definition) is 4. The number of benzene rings is 2. The molecule has 2 fully saturated rings. The maximum Gasteiger partial charge on any atom is 0.316 e. The Labute approximate surface area is 184 Å². The smallest absolute Gasteiger partial charge is 0.316 e. The summed E-state index contributed by atoms with van der Waals surface area (Å²) in [6.45, 7) is 8.35. The Kier molecular flexibility index (Phi) is 5.95. The van der Waals surface area contributed by atoms with E-state index in [0.717, 1.165) is 42.9 Å². The SMILES string of the molecule is COc1ccc(C2N(C(N)=O)C(CN3CCOCC3)(c3ccccc3)CC2(C)C)cc1. The van der Waals surface area contributed by atoms with Crippen molar-refractivity contribution in [1.29, 1.82) is 0 Å². The molecule has 0 spiro atoms. The molecule has 6 heteroatoms. The molecule has 2 aromatic rings. The summed E-state index contributed by atoms with van der Waals surface area (Å²) in [6, 6.07) is 17.8. The lowest BCUT2D eigenvalue weighted by Gasteiger charge is -2.44. The number of carbonyl (C=O) groups is 1. The Balaban J connectivity index is 1.83. The number of primary amides is 1. The number of likely N-dealkylation sites (tertiary alicyclic amines) is 1. The summed E-state index contributed by atoms with van der Waals surface area (Å²) in [7, 11) is 1.66. The molecule has 166 valence electrons. The second kappa shape index (κ2) is 8.52. The highest BCUT2D eigenvalue weighted by atomic mass is 16.5. The quantitative estimate of drug-likeness (QED) is 0.795. The normalized spacial score (nSPS) is 26.0. The van der Waals surface area contributed by atoms with Gasteiger partial charge in [-0.05, 0) is 35.1 Å². The second-order valence-corrected chi connectivity index (χ2v) is 9.34. The number of amides is 2. The summed E-state index contributed by atoms with van der Waals surface area (Å²) >= 11 is 0. The maximum atomic E-state index is 13.1. The van der Waals surface area contributed by atoms with Crippen molar-refractivity contribution in [1.82, 2.24) is 9.80 Å². The average molecular weight is 424 g/mol. The highest BCUT2D eigenvalue weighted by molar-refractivity contribution is 5.75. The van der Waals surface area contributed by atoms with Crippen LogP contribution in [0.1, 0.15) is 37.4 Å². The molecule has 2 saturated heterocycles. The third-order valence-corrected chi connectivity index (χ3v) is 6.78. The van der Waals surface area contributed by atoms with Gasteiger partial charge in [-0.3, -0.25) is 4.90 Å². The summed E-state index contributed by atoms with van der Waals surface area (Å²) in [4.78, 5) is 17.5. The Hall–Kier alpha value is -2.57. The van der Waals surface area contributed by atoms with Crippen molar-refractivity contribution in [3.63, 3.8) is 0 Å². The van der Waals surface area contributed by atoms with Crippen LogP contribution in [0.2, 0.25) is 0 Å². The molecular weight excluding hydrogens is 390 g/mol. The number of ether oxygens (including phenoxy) is 2. The Morgan fingerprint density at radius 3 is 2.32 bits per heavy atom. The predicted octanol–water partition coefficient (Wildman–Crippen LogP) is 3.77. The molecule has 2 amide bonds. The van der Waals surface area contributed by atoms with Crippen LogP contribution in [0.3, 0.4) is 0 Å². The van der Waals surface area contributed by atoms with E-state index in [-0.39, 0.29) is 17.5 Å². The molecule has 2 atom stereocenters. The van der Waals surface area contributed by atoms with E-state index >= 15 is 0 Å². The fourth-order valence-electron chi connectivity index (χ4n) is 5.60. The number of hydrogen-bond donors (Lipinski definition) is 1. The Morgan fingerprint density at radius 1 is 1.10 bits per heavy atom. The molecule has 4 rings (SSSR count). The summed E-state index contributed by atoms with van der Waals surface area (Å²) in [5, 5.41) is 0. The molecule has 2 aliphatic rings. The summed E-state index contributed by atoms with van der Waals surface area (Å²) in [5.74, 6) is 0.799. The standard InChI is InChI=1S/C25H33N3O3/c1-24(2)17-25(20-7-5-4-6-8-20,18-27-13-15-31-16-14-27)28(23(26)29)22(24)19-9-11-21(30-3)12-10-19/h4-12,22H,13-18H2,1-3H3,(H2,26,29). The van der Waals surface area contributed by atoms with Gasteiger partial charge in [0.25, 0.3) is 0 Å². The lowest BCUT2D eigenvalue weighted by molar-refractivity contribution is 0.00750. The zero-order chi connectivity index (χ0) is 22.1. The molecule has 0 bridgehead atoms. The minimum atomic E-state index is -0.515. The average Bonchev–Trinajstić information content (AvgIpc) is 3.02. The van der Waals surface area contributed by atoms with Crippen LogP contribution in [0.15, 0.2) is 54.6 Å². The van der Waals surface area contributed by atoms with Crippen molar-refractivity contribution in [3.05, 3.63) is 65.7 Å². The van der Waals surface area contributed by atoms with Crippen LogP contribution in [0.25, 0.3) is 0 Å². The number of carbonyl (C=O) groups excluding carboxylic acids is 1. The van der Waals surface area contributed by atoms with Gasteiger partial charge in [0.15, 0.2) is 0 Å². The number of morpholine rings is 1. The van der Waals surface area contributed by atoms with Crippen LogP contribution in [-0.4, -0.2) is 55.8 Å².